The Bertz CT molecular complexity index is 583. The second-order valence-corrected chi connectivity index (χ2v) is 6.75. The molecule has 128 valence electrons. The molecule has 0 fully saturated rings. The number of aliphatic hydroxyl groups is 1. The first-order valence-corrected chi connectivity index (χ1v) is 7.45. The molecule has 0 aromatic heterocycles. The van der Waals surface area contributed by atoms with Crippen LogP contribution in [-0.2, 0) is 0 Å². The molecule has 0 spiro atoms. The van der Waals surface area contributed by atoms with Gasteiger partial charge in [-0.2, -0.15) is 0 Å². The van der Waals surface area contributed by atoms with Gasteiger partial charge in [-0.3, -0.25) is 14.9 Å². The minimum Gasteiger partial charge on any atom is -0.393 e. The van der Waals surface area contributed by atoms with Crippen molar-refractivity contribution in [2.75, 3.05) is 25.5 Å². The molecule has 0 bridgehead atoms. The van der Waals surface area contributed by atoms with Crippen LogP contribution in [0, 0.1) is 15.5 Å². The van der Waals surface area contributed by atoms with E-state index in [9.17, 15) is 20.0 Å². The van der Waals surface area contributed by atoms with Crippen LogP contribution in [0.5, 0.6) is 0 Å². The minimum absolute atomic E-state index is 0.121. The van der Waals surface area contributed by atoms with Crippen LogP contribution in [0.4, 0.5) is 11.4 Å². The topological polar surface area (TPSA) is 95.7 Å². The molecule has 7 nitrogen and oxygen atoms in total. The lowest BCUT2D eigenvalue weighted by Gasteiger charge is -2.26. The number of carbonyl (C=O) groups excluding carboxylic acids is 1. The molecule has 0 aliphatic heterocycles. The first kappa shape index (κ1) is 18.9. The van der Waals surface area contributed by atoms with Gasteiger partial charge in [0.1, 0.15) is 0 Å². The van der Waals surface area contributed by atoms with Crippen LogP contribution in [0.25, 0.3) is 0 Å². The minimum atomic E-state index is -0.520. The van der Waals surface area contributed by atoms with E-state index in [-0.39, 0.29) is 22.6 Å². The number of carbonyl (C=O) groups is 1. The Morgan fingerprint density at radius 1 is 1.43 bits per heavy atom. The van der Waals surface area contributed by atoms with Crippen molar-refractivity contribution in [2.24, 2.45) is 5.41 Å². The Morgan fingerprint density at radius 3 is 2.52 bits per heavy atom. The van der Waals surface area contributed by atoms with Gasteiger partial charge in [-0.25, -0.2) is 0 Å². The lowest BCUT2D eigenvalue weighted by Crippen LogP contribution is -2.36. The lowest BCUT2D eigenvalue weighted by atomic mass is 9.87. The number of rotatable bonds is 7. The van der Waals surface area contributed by atoms with E-state index in [1.165, 1.54) is 12.1 Å². The summed E-state index contributed by atoms with van der Waals surface area (Å²) >= 11 is 0. The van der Waals surface area contributed by atoms with Gasteiger partial charge in [-0.15, -0.1) is 0 Å². The normalized spacial score (nSPS) is 12.6. The third-order valence-corrected chi connectivity index (χ3v) is 3.49. The summed E-state index contributed by atoms with van der Waals surface area (Å²) in [5.41, 5.74) is 0.477. The molecule has 0 saturated heterocycles. The molecule has 1 aromatic rings. The summed E-state index contributed by atoms with van der Waals surface area (Å²) in [6, 6.07) is 4.23. The van der Waals surface area contributed by atoms with Gasteiger partial charge in [-0.05, 0) is 24.8 Å². The van der Waals surface area contributed by atoms with E-state index in [0.717, 1.165) is 0 Å². The van der Waals surface area contributed by atoms with Crippen LogP contribution in [0.2, 0.25) is 0 Å². The zero-order valence-corrected chi connectivity index (χ0v) is 14.3. The van der Waals surface area contributed by atoms with E-state index in [2.05, 4.69) is 5.32 Å². The predicted molar refractivity (Wildman–Crippen MR) is 89.8 cm³/mol. The highest BCUT2D eigenvalue weighted by Gasteiger charge is 2.23. The summed E-state index contributed by atoms with van der Waals surface area (Å²) < 4.78 is 0. The van der Waals surface area contributed by atoms with Crippen molar-refractivity contribution < 1.29 is 14.8 Å². The Hall–Kier alpha value is -2.15. The number of nitro benzene ring substituents is 1. The number of nitrogens with zero attached hydrogens (tertiary/aromatic N) is 2. The first-order valence-electron chi connectivity index (χ1n) is 7.45. The second-order valence-electron chi connectivity index (χ2n) is 6.75. The Kier molecular flexibility index (Phi) is 6.09. The molecule has 0 aliphatic rings. The largest absolute Gasteiger partial charge is 0.393 e. The average Bonchev–Trinajstić information content (AvgIpc) is 2.42. The van der Waals surface area contributed by atoms with Gasteiger partial charge in [0.25, 0.3) is 11.6 Å². The zero-order chi connectivity index (χ0) is 17.8. The van der Waals surface area contributed by atoms with Crippen molar-refractivity contribution in [3.63, 3.8) is 0 Å². The van der Waals surface area contributed by atoms with Crippen LogP contribution in [-0.4, -0.2) is 42.7 Å². The van der Waals surface area contributed by atoms with Crippen molar-refractivity contribution in [1.29, 1.82) is 0 Å². The first-order chi connectivity index (χ1) is 10.5. The molecule has 23 heavy (non-hydrogen) atoms. The van der Waals surface area contributed by atoms with Gasteiger partial charge in [0, 0.05) is 38.5 Å². The van der Waals surface area contributed by atoms with Gasteiger partial charge >= 0.3 is 0 Å². The molecule has 0 radical (unpaired) electrons. The van der Waals surface area contributed by atoms with Gasteiger partial charge in [0.2, 0.25) is 0 Å². The van der Waals surface area contributed by atoms with Crippen LogP contribution in [0.3, 0.4) is 0 Å². The fraction of sp³-hybridized carbons (Fsp3) is 0.562. The molecule has 1 atom stereocenters. The number of nitrogens with one attached hydrogen (secondary N) is 1. The number of aliphatic hydroxyl groups excluding tert-OH is 1. The van der Waals surface area contributed by atoms with Crippen molar-refractivity contribution in [3.8, 4) is 0 Å². The summed E-state index contributed by atoms with van der Waals surface area (Å²) in [7, 11) is 3.55. The van der Waals surface area contributed by atoms with E-state index in [1.807, 2.05) is 13.8 Å². The summed E-state index contributed by atoms with van der Waals surface area (Å²) in [5, 5.41) is 23.2. The van der Waals surface area contributed by atoms with Crippen molar-refractivity contribution in [2.45, 2.75) is 33.3 Å². The molecular weight excluding hydrogens is 298 g/mol. The summed E-state index contributed by atoms with van der Waals surface area (Å²) in [5.74, 6) is -0.365. The predicted octanol–water partition coefficient (Wildman–Crippen LogP) is 2.19. The SMILES string of the molecule is CC(O)CC(C)(C)CNC(=O)c1cc([N+](=O)[O-])ccc1N(C)C. The van der Waals surface area contributed by atoms with Gasteiger partial charge in [0.15, 0.2) is 0 Å². The molecule has 1 rings (SSSR count). The van der Waals surface area contributed by atoms with E-state index >= 15 is 0 Å². The van der Waals surface area contributed by atoms with Crippen molar-refractivity contribution in [3.05, 3.63) is 33.9 Å². The number of nitro groups is 1. The number of hydrogen-bond acceptors (Lipinski definition) is 5. The maximum absolute atomic E-state index is 12.5. The third-order valence-electron chi connectivity index (χ3n) is 3.49. The molecule has 0 saturated carbocycles. The molecule has 1 unspecified atom stereocenters. The standard InChI is InChI=1S/C16H25N3O4/c1-11(20)9-16(2,3)10-17-15(21)13-8-12(19(22)23)6-7-14(13)18(4)5/h6-8,11,20H,9-10H2,1-5H3,(H,17,21). The summed E-state index contributed by atoms with van der Waals surface area (Å²) in [6.45, 7) is 5.96. The van der Waals surface area contributed by atoms with E-state index < -0.39 is 11.0 Å². The van der Waals surface area contributed by atoms with Crippen molar-refractivity contribution >= 4 is 17.3 Å². The zero-order valence-electron chi connectivity index (χ0n) is 14.3. The molecule has 0 heterocycles. The molecule has 1 amide bonds. The fourth-order valence-corrected chi connectivity index (χ4v) is 2.50. The highest BCUT2D eigenvalue weighted by Crippen LogP contribution is 2.25. The maximum atomic E-state index is 12.5. The van der Waals surface area contributed by atoms with Gasteiger partial charge in [-0.1, -0.05) is 13.8 Å². The fourth-order valence-electron chi connectivity index (χ4n) is 2.50. The van der Waals surface area contributed by atoms with Crippen LogP contribution >= 0.6 is 0 Å². The molecule has 1 aromatic carbocycles. The number of hydrogen-bond donors (Lipinski definition) is 2. The summed E-state index contributed by atoms with van der Waals surface area (Å²) in [4.78, 5) is 24.6. The second kappa shape index (κ2) is 7.41. The number of amides is 1. The van der Waals surface area contributed by atoms with Crippen LogP contribution in [0.1, 0.15) is 37.6 Å². The highest BCUT2D eigenvalue weighted by atomic mass is 16.6. The monoisotopic (exact) mass is 323 g/mol. The Morgan fingerprint density at radius 2 is 2.04 bits per heavy atom. The number of benzene rings is 1. The average molecular weight is 323 g/mol. The van der Waals surface area contributed by atoms with Gasteiger partial charge < -0.3 is 15.3 Å². The molecule has 7 heteroatoms. The van der Waals surface area contributed by atoms with E-state index in [4.69, 9.17) is 0 Å². The smallest absolute Gasteiger partial charge is 0.270 e. The maximum Gasteiger partial charge on any atom is 0.270 e. The lowest BCUT2D eigenvalue weighted by molar-refractivity contribution is -0.384. The summed E-state index contributed by atoms with van der Waals surface area (Å²) in [6.07, 6.45) is 0.0833. The number of anilines is 1. The molecular formula is C16H25N3O4. The van der Waals surface area contributed by atoms with Gasteiger partial charge in [0.05, 0.1) is 16.6 Å². The quantitative estimate of drug-likeness (QED) is 0.592. The van der Waals surface area contributed by atoms with Crippen molar-refractivity contribution in [1.82, 2.24) is 5.32 Å². The molecule has 2 N–H and O–H groups in total. The van der Waals surface area contributed by atoms with Crippen LogP contribution < -0.4 is 10.2 Å². The Labute approximate surface area is 136 Å². The Balaban J connectivity index is 2.97. The highest BCUT2D eigenvalue weighted by molar-refractivity contribution is 6.00. The van der Waals surface area contributed by atoms with Crippen LogP contribution in [0.15, 0.2) is 18.2 Å². The number of non-ortho nitro benzene ring substituents is 1. The molecule has 0 aliphatic carbocycles. The van der Waals surface area contributed by atoms with E-state index in [0.29, 0.717) is 18.7 Å². The van der Waals surface area contributed by atoms with E-state index in [1.54, 1.807) is 32.0 Å². The third kappa shape index (κ3) is 5.52.